The minimum Gasteiger partial charge on any atom is -0.497 e. The molecule has 7 nitrogen and oxygen atoms in total. The second-order valence-corrected chi connectivity index (χ2v) is 7.93. The van der Waals surface area contributed by atoms with Crippen molar-refractivity contribution in [3.8, 4) is 5.75 Å². The highest BCUT2D eigenvalue weighted by Gasteiger charge is 2.37. The first kappa shape index (κ1) is 23.4. The van der Waals surface area contributed by atoms with Crippen LogP contribution in [0.3, 0.4) is 0 Å². The minimum atomic E-state index is -0.606. The molecule has 2 atom stereocenters. The van der Waals surface area contributed by atoms with E-state index in [4.69, 9.17) is 9.47 Å². The van der Waals surface area contributed by atoms with Crippen molar-refractivity contribution < 1.29 is 28.6 Å². The van der Waals surface area contributed by atoms with Gasteiger partial charge in [0, 0.05) is 17.8 Å². The number of anilines is 1. The Morgan fingerprint density at radius 2 is 1.76 bits per heavy atom. The third kappa shape index (κ3) is 5.24. The van der Waals surface area contributed by atoms with E-state index in [1.54, 1.807) is 72.7 Å². The molecule has 0 saturated carbocycles. The van der Waals surface area contributed by atoms with Crippen LogP contribution in [-0.4, -0.2) is 48.2 Å². The topological polar surface area (TPSA) is 88.1 Å². The number of carbonyl (C=O) groups excluding carboxylic acids is 2. The first-order chi connectivity index (χ1) is 16.5. The fourth-order valence-corrected chi connectivity index (χ4v) is 3.91. The van der Waals surface area contributed by atoms with Crippen LogP contribution in [0.5, 0.6) is 5.75 Å². The molecule has 34 heavy (non-hydrogen) atoms. The van der Waals surface area contributed by atoms with E-state index < -0.39 is 12.1 Å². The van der Waals surface area contributed by atoms with Crippen molar-refractivity contribution in [1.29, 1.82) is 0 Å². The molecule has 0 bridgehead atoms. The molecule has 0 unspecified atom stereocenters. The Morgan fingerprint density at radius 3 is 2.38 bits per heavy atom. The number of ether oxygens (including phenoxy) is 2. The van der Waals surface area contributed by atoms with Gasteiger partial charge >= 0.3 is 0 Å². The van der Waals surface area contributed by atoms with Gasteiger partial charge in [0.25, 0.3) is 5.91 Å². The van der Waals surface area contributed by atoms with E-state index in [9.17, 15) is 19.1 Å². The molecule has 1 heterocycles. The molecular formula is C26H25FN2O5. The van der Waals surface area contributed by atoms with Crippen LogP contribution in [-0.2, 0) is 16.1 Å². The highest BCUT2D eigenvalue weighted by molar-refractivity contribution is 6.04. The zero-order valence-corrected chi connectivity index (χ0v) is 18.6. The molecule has 1 aliphatic rings. The van der Waals surface area contributed by atoms with E-state index in [0.29, 0.717) is 17.0 Å². The normalized spacial score (nSPS) is 18.0. The first-order valence-corrected chi connectivity index (χ1v) is 10.8. The molecule has 1 fully saturated rings. The van der Waals surface area contributed by atoms with Crippen molar-refractivity contribution in [2.24, 2.45) is 0 Å². The summed E-state index contributed by atoms with van der Waals surface area (Å²) in [4.78, 5) is 26.6. The summed E-state index contributed by atoms with van der Waals surface area (Å²) in [6, 6.07) is 19.2. The SMILES string of the molecule is COc1ccc(C(=O)Nc2ccc([C@H]3OCC(=O)N(Cc4ccc(F)cc4)[C@@H]3CO)cc2)cc1. The van der Waals surface area contributed by atoms with Gasteiger partial charge in [0.2, 0.25) is 5.91 Å². The second-order valence-electron chi connectivity index (χ2n) is 7.93. The monoisotopic (exact) mass is 464 g/mol. The van der Waals surface area contributed by atoms with Crippen molar-refractivity contribution in [2.75, 3.05) is 25.6 Å². The first-order valence-electron chi connectivity index (χ1n) is 10.8. The molecular weight excluding hydrogens is 439 g/mol. The summed E-state index contributed by atoms with van der Waals surface area (Å²) in [5.74, 6) is -0.191. The van der Waals surface area contributed by atoms with Gasteiger partial charge in [-0.1, -0.05) is 24.3 Å². The number of nitrogens with one attached hydrogen (secondary N) is 1. The number of aliphatic hydroxyl groups excluding tert-OH is 1. The number of amides is 2. The maximum atomic E-state index is 13.2. The summed E-state index contributed by atoms with van der Waals surface area (Å²) in [7, 11) is 1.56. The quantitative estimate of drug-likeness (QED) is 0.559. The lowest BCUT2D eigenvalue weighted by atomic mass is 9.98. The molecule has 4 rings (SSSR count). The number of methoxy groups -OCH3 is 1. The van der Waals surface area contributed by atoms with Crippen LogP contribution in [0.15, 0.2) is 72.8 Å². The van der Waals surface area contributed by atoms with Gasteiger partial charge in [-0.15, -0.1) is 0 Å². The van der Waals surface area contributed by atoms with Crippen LogP contribution < -0.4 is 10.1 Å². The molecule has 3 aromatic carbocycles. The molecule has 1 aliphatic heterocycles. The van der Waals surface area contributed by atoms with Crippen molar-refractivity contribution in [3.63, 3.8) is 0 Å². The predicted molar refractivity (Wildman–Crippen MR) is 124 cm³/mol. The lowest BCUT2D eigenvalue weighted by molar-refractivity contribution is -0.162. The Morgan fingerprint density at radius 1 is 1.09 bits per heavy atom. The second kappa shape index (κ2) is 10.5. The standard InChI is InChI=1S/C26H25FN2O5/c1-33-22-12-6-19(7-13-22)26(32)28-21-10-4-18(5-11-21)25-23(15-30)29(24(31)16-34-25)14-17-2-8-20(27)9-3-17/h2-13,23,25,30H,14-16H2,1H3,(H,28,32)/t23-,25-/m1/s1. The van der Waals surface area contributed by atoms with Gasteiger partial charge in [-0.25, -0.2) is 4.39 Å². The van der Waals surface area contributed by atoms with Crippen LogP contribution in [0, 0.1) is 5.82 Å². The summed E-state index contributed by atoms with van der Waals surface area (Å²) in [6.07, 6.45) is -0.547. The number of nitrogens with zero attached hydrogens (tertiary/aromatic N) is 1. The average Bonchev–Trinajstić information content (AvgIpc) is 2.87. The maximum Gasteiger partial charge on any atom is 0.255 e. The zero-order chi connectivity index (χ0) is 24.1. The van der Waals surface area contributed by atoms with Gasteiger partial charge in [0.05, 0.1) is 19.8 Å². The number of morpholine rings is 1. The number of hydrogen-bond acceptors (Lipinski definition) is 5. The molecule has 0 spiro atoms. The fraction of sp³-hybridized carbons (Fsp3) is 0.231. The van der Waals surface area contributed by atoms with Gasteiger partial charge in [-0.2, -0.15) is 0 Å². The van der Waals surface area contributed by atoms with E-state index in [1.807, 2.05) is 0 Å². The van der Waals surface area contributed by atoms with E-state index in [0.717, 1.165) is 11.1 Å². The number of halogens is 1. The highest BCUT2D eigenvalue weighted by atomic mass is 19.1. The van der Waals surface area contributed by atoms with Crippen molar-refractivity contribution in [2.45, 2.75) is 18.7 Å². The molecule has 0 aromatic heterocycles. The van der Waals surface area contributed by atoms with E-state index in [1.165, 1.54) is 12.1 Å². The Hall–Kier alpha value is -3.75. The van der Waals surface area contributed by atoms with Crippen molar-refractivity contribution >= 4 is 17.5 Å². The van der Waals surface area contributed by atoms with Crippen LogP contribution in [0.2, 0.25) is 0 Å². The summed E-state index contributed by atoms with van der Waals surface area (Å²) in [5, 5.41) is 12.9. The average molecular weight is 464 g/mol. The number of hydrogen-bond donors (Lipinski definition) is 2. The Labute approximate surface area is 196 Å². The number of aliphatic hydroxyl groups is 1. The Balaban J connectivity index is 1.46. The molecule has 8 heteroatoms. The fourth-order valence-electron chi connectivity index (χ4n) is 3.91. The smallest absolute Gasteiger partial charge is 0.255 e. The predicted octanol–water partition coefficient (Wildman–Crippen LogP) is 3.55. The summed E-state index contributed by atoms with van der Waals surface area (Å²) in [6.45, 7) is -0.188. The third-order valence-electron chi connectivity index (χ3n) is 5.76. The van der Waals surface area contributed by atoms with E-state index in [-0.39, 0.29) is 37.4 Å². The zero-order valence-electron chi connectivity index (χ0n) is 18.6. The number of carbonyl (C=O) groups is 2. The van der Waals surface area contributed by atoms with Gasteiger partial charge in [0.15, 0.2) is 0 Å². The van der Waals surface area contributed by atoms with Crippen molar-refractivity contribution in [3.05, 3.63) is 95.3 Å². The molecule has 0 radical (unpaired) electrons. The molecule has 2 N–H and O–H groups in total. The van der Waals surface area contributed by atoms with Crippen LogP contribution >= 0.6 is 0 Å². The summed E-state index contributed by atoms with van der Waals surface area (Å²) in [5.41, 5.74) is 2.61. The van der Waals surface area contributed by atoms with Gasteiger partial charge in [0.1, 0.15) is 24.3 Å². The van der Waals surface area contributed by atoms with E-state index in [2.05, 4.69) is 5.32 Å². The summed E-state index contributed by atoms with van der Waals surface area (Å²) < 4.78 is 24.1. The molecule has 3 aromatic rings. The highest BCUT2D eigenvalue weighted by Crippen LogP contribution is 2.31. The minimum absolute atomic E-state index is 0.127. The largest absolute Gasteiger partial charge is 0.497 e. The third-order valence-corrected chi connectivity index (χ3v) is 5.76. The van der Waals surface area contributed by atoms with Crippen LogP contribution in [0.4, 0.5) is 10.1 Å². The van der Waals surface area contributed by atoms with Crippen molar-refractivity contribution in [1.82, 2.24) is 4.90 Å². The molecule has 2 amide bonds. The van der Waals surface area contributed by atoms with Gasteiger partial charge in [-0.3, -0.25) is 9.59 Å². The molecule has 176 valence electrons. The van der Waals surface area contributed by atoms with Gasteiger partial charge in [-0.05, 0) is 59.7 Å². The van der Waals surface area contributed by atoms with Crippen LogP contribution in [0.25, 0.3) is 0 Å². The van der Waals surface area contributed by atoms with E-state index >= 15 is 0 Å². The van der Waals surface area contributed by atoms with Gasteiger partial charge < -0.3 is 24.8 Å². The lowest BCUT2D eigenvalue weighted by Crippen LogP contribution is -2.52. The Kier molecular flexibility index (Phi) is 7.20. The number of rotatable bonds is 7. The van der Waals surface area contributed by atoms with Crippen LogP contribution in [0.1, 0.15) is 27.6 Å². The summed E-state index contributed by atoms with van der Waals surface area (Å²) >= 11 is 0. The Bertz CT molecular complexity index is 1130. The number of benzene rings is 3. The molecule has 1 saturated heterocycles. The lowest BCUT2D eigenvalue weighted by Gasteiger charge is -2.40. The molecule has 0 aliphatic carbocycles. The maximum absolute atomic E-state index is 13.2.